The number of aliphatic hydroxyl groups excluding tert-OH is 1. The molecule has 1 saturated carbocycles. The van der Waals surface area contributed by atoms with Crippen molar-refractivity contribution < 1.29 is 22.7 Å². The summed E-state index contributed by atoms with van der Waals surface area (Å²) in [5, 5.41) is 9.07. The summed E-state index contributed by atoms with van der Waals surface area (Å²) in [6, 6.07) is 2.27. The first kappa shape index (κ1) is 15.4. The zero-order valence-corrected chi connectivity index (χ0v) is 12.2. The molecule has 20 heavy (non-hydrogen) atoms. The Morgan fingerprint density at radius 2 is 2.10 bits per heavy atom. The number of aliphatic hydroxyl groups is 1. The van der Waals surface area contributed by atoms with Crippen LogP contribution in [0.3, 0.4) is 0 Å². The van der Waals surface area contributed by atoms with Gasteiger partial charge >= 0.3 is 0 Å². The van der Waals surface area contributed by atoms with Crippen molar-refractivity contribution >= 4 is 10.0 Å². The van der Waals surface area contributed by atoms with E-state index in [1.54, 1.807) is 7.11 Å². The van der Waals surface area contributed by atoms with Gasteiger partial charge in [-0.15, -0.1) is 0 Å². The average molecular weight is 303 g/mol. The average Bonchev–Trinajstić information content (AvgIpc) is 2.36. The molecule has 1 fully saturated rings. The Labute approximate surface area is 117 Å². The van der Waals surface area contributed by atoms with E-state index < -0.39 is 22.4 Å². The number of nitrogens with one attached hydrogen (secondary N) is 1. The van der Waals surface area contributed by atoms with Crippen LogP contribution < -0.4 is 4.72 Å². The monoisotopic (exact) mass is 303 g/mol. The molecule has 0 aromatic heterocycles. The minimum Gasteiger partial charge on any atom is -0.392 e. The van der Waals surface area contributed by atoms with E-state index in [0.29, 0.717) is 12.8 Å². The first-order chi connectivity index (χ1) is 9.37. The van der Waals surface area contributed by atoms with E-state index in [1.807, 2.05) is 0 Å². The minimum atomic E-state index is -3.71. The predicted molar refractivity (Wildman–Crippen MR) is 71.2 cm³/mol. The molecule has 2 N–H and O–H groups in total. The Morgan fingerprint density at radius 1 is 1.45 bits per heavy atom. The van der Waals surface area contributed by atoms with Crippen LogP contribution in [0.2, 0.25) is 0 Å². The molecule has 1 aromatic carbocycles. The fourth-order valence-corrected chi connectivity index (χ4v) is 3.62. The van der Waals surface area contributed by atoms with Gasteiger partial charge in [-0.1, -0.05) is 0 Å². The van der Waals surface area contributed by atoms with Crippen LogP contribution in [0.25, 0.3) is 0 Å². The van der Waals surface area contributed by atoms with E-state index in [9.17, 15) is 12.8 Å². The Bertz CT molecular complexity index is 597. The molecular formula is C13H18FNO4S. The molecule has 0 aliphatic heterocycles. The lowest BCUT2D eigenvalue weighted by Crippen LogP contribution is -2.47. The molecule has 0 heterocycles. The van der Waals surface area contributed by atoms with Gasteiger partial charge in [0.1, 0.15) is 5.82 Å². The number of benzene rings is 1. The first-order valence-electron chi connectivity index (χ1n) is 6.32. The van der Waals surface area contributed by atoms with Gasteiger partial charge in [0, 0.05) is 18.7 Å². The topological polar surface area (TPSA) is 75.6 Å². The van der Waals surface area contributed by atoms with Crippen molar-refractivity contribution in [2.24, 2.45) is 0 Å². The molecular weight excluding hydrogens is 285 g/mol. The van der Waals surface area contributed by atoms with Gasteiger partial charge in [0.05, 0.1) is 17.6 Å². The van der Waals surface area contributed by atoms with Crippen LogP contribution in [0, 0.1) is 12.7 Å². The number of aryl methyl sites for hydroxylation is 1. The molecule has 0 saturated heterocycles. The molecule has 0 bridgehead atoms. The lowest BCUT2D eigenvalue weighted by molar-refractivity contribution is 0.0236. The lowest BCUT2D eigenvalue weighted by Gasteiger charge is -2.34. The third-order valence-corrected chi connectivity index (χ3v) is 5.03. The molecule has 7 heteroatoms. The molecule has 1 aliphatic carbocycles. The molecule has 2 rings (SSSR count). The fourth-order valence-electron chi connectivity index (χ4n) is 2.22. The summed E-state index contributed by atoms with van der Waals surface area (Å²) in [6.45, 7) is 0.934. The predicted octanol–water partition coefficient (Wildman–Crippen LogP) is 1.08. The van der Waals surface area contributed by atoms with Gasteiger partial charge in [-0.05, 0) is 37.5 Å². The minimum absolute atomic E-state index is 0.0197. The maximum atomic E-state index is 13.6. The first-order valence-corrected chi connectivity index (χ1v) is 7.80. The normalized spacial score (nSPS) is 22.6. The second-order valence-electron chi connectivity index (χ2n) is 5.02. The van der Waals surface area contributed by atoms with Crippen LogP contribution in [0.5, 0.6) is 0 Å². The summed E-state index contributed by atoms with van der Waals surface area (Å²) in [7, 11) is -2.12. The summed E-state index contributed by atoms with van der Waals surface area (Å²) in [6.07, 6.45) is 1.34. The molecule has 112 valence electrons. The second kappa shape index (κ2) is 5.77. The number of hydrogen-bond donors (Lipinski definition) is 2. The third kappa shape index (κ3) is 3.01. The lowest BCUT2D eigenvalue weighted by atomic mass is 9.90. The molecule has 1 aliphatic rings. The molecule has 1 aromatic rings. The van der Waals surface area contributed by atoms with Crippen molar-refractivity contribution in [2.75, 3.05) is 7.11 Å². The van der Waals surface area contributed by atoms with Crippen molar-refractivity contribution in [1.82, 2.24) is 4.72 Å². The van der Waals surface area contributed by atoms with Gasteiger partial charge in [0.25, 0.3) is 0 Å². The number of methoxy groups -OCH3 is 1. The number of rotatable bonds is 5. The van der Waals surface area contributed by atoms with E-state index in [2.05, 4.69) is 4.72 Å². The van der Waals surface area contributed by atoms with E-state index in [4.69, 9.17) is 9.84 Å². The molecule has 0 unspecified atom stereocenters. The van der Waals surface area contributed by atoms with Crippen molar-refractivity contribution in [1.29, 1.82) is 0 Å². The molecule has 0 amide bonds. The van der Waals surface area contributed by atoms with Crippen molar-refractivity contribution in [3.05, 3.63) is 29.1 Å². The SMILES string of the molecule is COC1CC(NS(=O)(=O)c2cc(C)c(F)c(CO)c2)C1. The molecule has 5 nitrogen and oxygen atoms in total. The Hall–Kier alpha value is -1.02. The molecule has 0 spiro atoms. The smallest absolute Gasteiger partial charge is 0.240 e. The maximum Gasteiger partial charge on any atom is 0.240 e. The largest absolute Gasteiger partial charge is 0.392 e. The van der Waals surface area contributed by atoms with Crippen LogP contribution in [0.15, 0.2) is 17.0 Å². The second-order valence-corrected chi connectivity index (χ2v) is 6.73. The Kier molecular flexibility index (Phi) is 4.43. The number of sulfonamides is 1. The highest BCUT2D eigenvalue weighted by molar-refractivity contribution is 7.89. The van der Waals surface area contributed by atoms with Crippen LogP contribution in [-0.4, -0.2) is 32.8 Å². The van der Waals surface area contributed by atoms with E-state index in [1.165, 1.54) is 13.0 Å². The van der Waals surface area contributed by atoms with E-state index >= 15 is 0 Å². The fraction of sp³-hybridized carbons (Fsp3) is 0.538. The highest BCUT2D eigenvalue weighted by atomic mass is 32.2. The zero-order valence-electron chi connectivity index (χ0n) is 11.4. The summed E-state index contributed by atoms with van der Waals surface area (Å²) in [4.78, 5) is -0.0266. The van der Waals surface area contributed by atoms with E-state index in [0.717, 1.165) is 6.07 Å². The highest BCUT2D eigenvalue weighted by Crippen LogP contribution is 2.25. The van der Waals surface area contributed by atoms with Crippen LogP contribution in [0.4, 0.5) is 4.39 Å². The van der Waals surface area contributed by atoms with Gasteiger partial charge in [-0.25, -0.2) is 17.5 Å². The van der Waals surface area contributed by atoms with Crippen molar-refractivity contribution in [3.8, 4) is 0 Å². The zero-order chi connectivity index (χ0) is 14.9. The summed E-state index contributed by atoms with van der Waals surface area (Å²) in [5.41, 5.74) is 0.175. The van der Waals surface area contributed by atoms with Gasteiger partial charge in [0.2, 0.25) is 10.0 Å². The Balaban J connectivity index is 2.20. The van der Waals surface area contributed by atoms with Gasteiger partial charge < -0.3 is 9.84 Å². The summed E-state index contributed by atoms with van der Waals surface area (Å²) >= 11 is 0. The molecule has 0 atom stereocenters. The van der Waals surface area contributed by atoms with Crippen molar-refractivity contribution in [2.45, 2.75) is 43.4 Å². The summed E-state index contributed by atoms with van der Waals surface area (Å²) < 4.78 is 45.7. The van der Waals surface area contributed by atoms with Crippen LogP contribution in [-0.2, 0) is 21.4 Å². The van der Waals surface area contributed by atoms with Gasteiger partial charge in [-0.2, -0.15) is 0 Å². The number of ether oxygens (including phenoxy) is 1. The maximum absolute atomic E-state index is 13.6. The molecule has 0 radical (unpaired) electrons. The van der Waals surface area contributed by atoms with Crippen molar-refractivity contribution in [3.63, 3.8) is 0 Å². The highest BCUT2D eigenvalue weighted by Gasteiger charge is 2.33. The van der Waals surface area contributed by atoms with E-state index in [-0.39, 0.29) is 28.2 Å². The Morgan fingerprint density at radius 3 is 2.65 bits per heavy atom. The number of halogens is 1. The standard InChI is InChI=1S/C13H18FNO4S/c1-8-3-12(4-9(7-16)13(8)14)20(17,18)15-10-5-11(6-10)19-2/h3-4,10-11,15-16H,5-7H2,1-2H3. The van der Waals surface area contributed by atoms with Crippen LogP contribution in [0.1, 0.15) is 24.0 Å². The summed E-state index contributed by atoms with van der Waals surface area (Å²) in [5.74, 6) is -0.574. The third-order valence-electron chi connectivity index (χ3n) is 3.53. The number of hydrogen-bond acceptors (Lipinski definition) is 4. The van der Waals surface area contributed by atoms with Crippen LogP contribution >= 0.6 is 0 Å². The quantitative estimate of drug-likeness (QED) is 0.853. The van der Waals surface area contributed by atoms with Gasteiger partial charge in [0.15, 0.2) is 0 Å². The van der Waals surface area contributed by atoms with Gasteiger partial charge in [-0.3, -0.25) is 0 Å².